The molecule has 2 aromatic carbocycles. The van der Waals surface area contributed by atoms with Crippen molar-refractivity contribution in [3.05, 3.63) is 77.0 Å². The van der Waals surface area contributed by atoms with E-state index in [9.17, 15) is 19.3 Å². The number of ether oxygens (including phenoxy) is 1. The van der Waals surface area contributed by atoms with Crippen LogP contribution in [0.2, 0.25) is 0 Å². The summed E-state index contributed by atoms with van der Waals surface area (Å²) in [6.07, 6.45) is 1.67. The van der Waals surface area contributed by atoms with E-state index in [1.807, 2.05) is 0 Å². The van der Waals surface area contributed by atoms with Crippen LogP contribution < -0.4 is 10.1 Å². The highest BCUT2D eigenvalue weighted by molar-refractivity contribution is 5.94. The zero-order chi connectivity index (χ0) is 25.2. The zero-order valence-corrected chi connectivity index (χ0v) is 18.7. The second-order valence-corrected chi connectivity index (χ2v) is 8.11. The largest absolute Gasteiger partial charge is 0.481 e. The Hall–Kier alpha value is -4.87. The van der Waals surface area contributed by atoms with Gasteiger partial charge in [0.05, 0.1) is 28.1 Å². The van der Waals surface area contributed by atoms with Crippen molar-refractivity contribution in [2.45, 2.75) is 12.5 Å². The minimum atomic E-state index is -1.06. The summed E-state index contributed by atoms with van der Waals surface area (Å²) in [4.78, 5) is 36.3. The fourth-order valence-electron chi connectivity index (χ4n) is 4.05. The van der Waals surface area contributed by atoms with E-state index in [1.165, 1.54) is 35.6 Å². The predicted molar refractivity (Wildman–Crippen MR) is 128 cm³/mol. The van der Waals surface area contributed by atoms with Crippen LogP contribution in [0.4, 0.5) is 26.4 Å². The number of carboxylic acid groups (broad SMARTS) is 1. The first-order valence-corrected chi connectivity index (χ1v) is 10.9. The summed E-state index contributed by atoms with van der Waals surface area (Å²) in [7, 11) is 0. The molecule has 5 rings (SSSR count). The number of nitrogens with one attached hydrogen (secondary N) is 1. The molecular formula is C24H19FN6O5. The third-order valence-electron chi connectivity index (χ3n) is 5.79. The van der Waals surface area contributed by atoms with Crippen LogP contribution in [0.5, 0.6) is 5.75 Å². The smallest absolute Gasteiger partial charge is 0.407 e. The van der Waals surface area contributed by atoms with Gasteiger partial charge >= 0.3 is 11.8 Å². The van der Waals surface area contributed by atoms with Crippen LogP contribution in [-0.4, -0.2) is 55.2 Å². The van der Waals surface area contributed by atoms with Crippen molar-refractivity contribution in [3.63, 3.8) is 0 Å². The monoisotopic (exact) mass is 490 g/mol. The van der Waals surface area contributed by atoms with Gasteiger partial charge in [0.2, 0.25) is 0 Å². The number of likely N-dealkylation sites (tertiary alicyclic amines) is 1. The Balaban J connectivity index is 1.47. The lowest BCUT2D eigenvalue weighted by molar-refractivity contribution is -0.385. The van der Waals surface area contributed by atoms with E-state index in [4.69, 9.17) is 9.84 Å². The number of hydrogen-bond donors (Lipinski definition) is 2. The Bertz CT molecular complexity index is 1480. The van der Waals surface area contributed by atoms with E-state index in [0.29, 0.717) is 46.6 Å². The molecule has 0 radical (unpaired) electrons. The van der Waals surface area contributed by atoms with Crippen LogP contribution in [0.3, 0.4) is 0 Å². The Morgan fingerprint density at radius 3 is 2.78 bits per heavy atom. The molecule has 12 heteroatoms. The molecular weight excluding hydrogens is 471 g/mol. The molecule has 0 unspecified atom stereocenters. The molecule has 1 fully saturated rings. The first kappa shape index (κ1) is 22.9. The Morgan fingerprint density at radius 1 is 1.19 bits per heavy atom. The van der Waals surface area contributed by atoms with Crippen molar-refractivity contribution in [3.8, 4) is 17.0 Å². The number of nitro benzene ring substituents is 1. The van der Waals surface area contributed by atoms with Crippen LogP contribution in [0.1, 0.15) is 6.42 Å². The second-order valence-electron chi connectivity index (χ2n) is 8.11. The number of pyridine rings is 1. The predicted octanol–water partition coefficient (Wildman–Crippen LogP) is 4.61. The number of benzene rings is 2. The molecule has 1 aliphatic rings. The lowest BCUT2D eigenvalue weighted by atomic mass is 10.1. The van der Waals surface area contributed by atoms with E-state index >= 15 is 0 Å². The maximum Gasteiger partial charge on any atom is 0.407 e. The van der Waals surface area contributed by atoms with Crippen molar-refractivity contribution < 1.29 is 24.0 Å². The average molecular weight is 490 g/mol. The number of amides is 1. The number of halogens is 1. The van der Waals surface area contributed by atoms with Crippen LogP contribution in [0.15, 0.2) is 61.1 Å². The summed E-state index contributed by atoms with van der Waals surface area (Å²) in [6, 6.07) is 12.3. The molecule has 0 bridgehead atoms. The molecule has 11 nitrogen and oxygen atoms in total. The number of aromatic nitrogens is 3. The molecule has 1 saturated heterocycles. The van der Waals surface area contributed by atoms with E-state index in [1.54, 1.807) is 30.3 Å². The topological polar surface area (TPSA) is 144 Å². The summed E-state index contributed by atoms with van der Waals surface area (Å²) in [5.41, 5.74) is 1.39. The fraction of sp³-hybridized carbons (Fsp3) is 0.167. The summed E-state index contributed by atoms with van der Waals surface area (Å²) in [6.45, 7) is 0.409. The SMILES string of the molecule is O=C(O)N1CC[C@@H](Oc2cc3ncnc(Nc4ccnc(-c5ccccc5F)c4)c3cc2[N+](=O)[O-])C1. The molecule has 0 aliphatic carbocycles. The highest BCUT2D eigenvalue weighted by Crippen LogP contribution is 2.36. The maximum absolute atomic E-state index is 14.2. The first-order chi connectivity index (χ1) is 17.4. The number of hydrogen-bond acceptors (Lipinski definition) is 8. The fourth-order valence-corrected chi connectivity index (χ4v) is 4.05. The highest BCUT2D eigenvalue weighted by atomic mass is 19.1. The quantitative estimate of drug-likeness (QED) is 0.292. The van der Waals surface area contributed by atoms with Crippen molar-refractivity contribution >= 4 is 34.2 Å². The minimum Gasteiger partial charge on any atom is -0.481 e. The van der Waals surface area contributed by atoms with Gasteiger partial charge in [0.1, 0.15) is 24.1 Å². The van der Waals surface area contributed by atoms with Gasteiger partial charge in [-0.1, -0.05) is 12.1 Å². The number of fused-ring (bicyclic) bond motifs is 1. The van der Waals surface area contributed by atoms with Gasteiger partial charge in [-0.2, -0.15) is 0 Å². The second kappa shape index (κ2) is 9.41. The van der Waals surface area contributed by atoms with E-state index < -0.39 is 22.9 Å². The van der Waals surface area contributed by atoms with Crippen molar-refractivity contribution in [1.29, 1.82) is 0 Å². The molecule has 36 heavy (non-hydrogen) atoms. The molecule has 4 aromatic rings. The van der Waals surface area contributed by atoms with Gasteiger partial charge in [-0.3, -0.25) is 15.1 Å². The number of carbonyl (C=O) groups is 1. The highest BCUT2D eigenvalue weighted by Gasteiger charge is 2.30. The maximum atomic E-state index is 14.2. The average Bonchev–Trinajstić information content (AvgIpc) is 3.33. The van der Waals surface area contributed by atoms with Crippen molar-refractivity contribution in [2.24, 2.45) is 0 Å². The minimum absolute atomic E-state index is 0.000129. The van der Waals surface area contributed by atoms with Crippen LogP contribution in [0, 0.1) is 15.9 Å². The standard InChI is InChI=1S/C24H19FN6O5/c25-18-4-2-1-3-16(18)19-9-14(5-7-26-19)29-23-17-10-21(31(34)35)22(11-20(17)27-13-28-23)36-15-6-8-30(12-15)24(32)33/h1-5,7,9-11,13,15H,6,8,12H2,(H,32,33)(H,26,27,28,29)/t15-/m1/s1. The van der Waals surface area contributed by atoms with Crippen LogP contribution >= 0.6 is 0 Å². The van der Waals surface area contributed by atoms with Crippen LogP contribution in [0.25, 0.3) is 22.2 Å². The number of anilines is 2. The van der Waals surface area contributed by atoms with Gasteiger partial charge in [0.15, 0.2) is 5.75 Å². The van der Waals surface area contributed by atoms with Gasteiger partial charge in [0.25, 0.3) is 0 Å². The van der Waals surface area contributed by atoms with E-state index in [-0.39, 0.29) is 18.0 Å². The van der Waals surface area contributed by atoms with E-state index in [2.05, 4.69) is 20.3 Å². The molecule has 1 amide bonds. The number of nitrogens with zero attached hydrogens (tertiary/aromatic N) is 5. The normalized spacial score (nSPS) is 15.1. The molecule has 0 saturated carbocycles. The number of rotatable bonds is 6. The lowest BCUT2D eigenvalue weighted by Gasteiger charge is -2.15. The molecule has 0 spiro atoms. The third-order valence-corrected chi connectivity index (χ3v) is 5.79. The first-order valence-electron chi connectivity index (χ1n) is 10.9. The van der Waals surface area contributed by atoms with Crippen molar-refractivity contribution in [1.82, 2.24) is 19.9 Å². The Labute approximate surface area is 203 Å². The molecule has 1 atom stereocenters. The van der Waals surface area contributed by atoms with Gasteiger partial charge in [-0.05, 0) is 24.3 Å². The number of nitro groups is 1. The summed E-state index contributed by atoms with van der Waals surface area (Å²) in [5, 5.41) is 24.5. The summed E-state index contributed by atoms with van der Waals surface area (Å²) < 4.78 is 20.0. The third kappa shape index (κ3) is 4.56. The molecule has 2 aromatic heterocycles. The van der Waals surface area contributed by atoms with Crippen molar-refractivity contribution in [2.75, 3.05) is 18.4 Å². The van der Waals surface area contributed by atoms with Gasteiger partial charge in [-0.25, -0.2) is 19.2 Å². The van der Waals surface area contributed by atoms with Gasteiger partial charge < -0.3 is 20.1 Å². The van der Waals surface area contributed by atoms with Gasteiger partial charge in [0, 0.05) is 42.5 Å². The summed E-state index contributed by atoms with van der Waals surface area (Å²) >= 11 is 0. The van der Waals surface area contributed by atoms with E-state index in [0.717, 1.165) is 0 Å². The Morgan fingerprint density at radius 2 is 2.03 bits per heavy atom. The molecule has 2 N–H and O–H groups in total. The molecule has 1 aliphatic heterocycles. The summed E-state index contributed by atoms with van der Waals surface area (Å²) in [5.74, 6) is -0.107. The Kier molecular flexibility index (Phi) is 5.98. The molecule has 3 heterocycles. The van der Waals surface area contributed by atoms with Crippen LogP contribution in [-0.2, 0) is 0 Å². The van der Waals surface area contributed by atoms with Gasteiger partial charge in [-0.15, -0.1) is 0 Å². The lowest BCUT2D eigenvalue weighted by Crippen LogP contribution is -2.29. The molecule has 182 valence electrons. The zero-order valence-electron chi connectivity index (χ0n) is 18.7.